The van der Waals surface area contributed by atoms with E-state index in [1.54, 1.807) is 56.0 Å². The highest BCUT2D eigenvalue weighted by Crippen LogP contribution is 2.23. The Hall–Kier alpha value is -3.81. The zero-order valence-electron chi connectivity index (χ0n) is 16.1. The third kappa shape index (κ3) is 5.83. The van der Waals surface area contributed by atoms with Gasteiger partial charge in [0, 0.05) is 36.7 Å². The van der Waals surface area contributed by atoms with Crippen LogP contribution in [0.25, 0.3) is 0 Å². The summed E-state index contributed by atoms with van der Waals surface area (Å²) < 4.78 is 7.19. The molecule has 3 amide bonds. The van der Waals surface area contributed by atoms with Crippen LogP contribution in [0.5, 0.6) is 5.75 Å². The molecule has 0 radical (unpaired) electrons. The fourth-order valence-corrected chi connectivity index (χ4v) is 2.71. The molecule has 1 aromatic heterocycles. The largest absolute Gasteiger partial charge is 0.495 e. The van der Waals surface area contributed by atoms with Crippen LogP contribution in [-0.4, -0.2) is 35.1 Å². The number of rotatable bonds is 8. The Balaban J connectivity index is 1.46. The number of hydrogen-bond acceptors (Lipinski definition) is 4. The molecule has 8 heteroatoms. The molecule has 0 aliphatic rings. The van der Waals surface area contributed by atoms with Gasteiger partial charge in [-0.1, -0.05) is 12.1 Å². The summed E-state index contributed by atoms with van der Waals surface area (Å²) in [5, 5.41) is 8.36. The van der Waals surface area contributed by atoms with E-state index in [1.807, 2.05) is 22.9 Å². The Morgan fingerprint density at radius 1 is 1.07 bits per heavy atom. The summed E-state index contributed by atoms with van der Waals surface area (Å²) in [5.41, 5.74) is 1.67. The fraction of sp³-hybridized carbons (Fsp3) is 0.190. The van der Waals surface area contributed by atoms with Crippen LogP contribution in [0.1, 0.15) is 16.8 Å². The van der Waals surface area contributed by atoms with E-state index in [0.29, 0.717) is 29.2 Å². The summed E-state index contributed by atoms with van der Waals surface area (Å²) >= 11 is 0. The number of imidazole rings is 1. The van der Waals surface area contributed by atoms with Gasteiger partial charge in [0.15, 0.2) is 0 Å². The SMILES string of the molecule is COc1ccccc1NC(=O)c1ccc(NC(=O)NCCCn2ccnc2)cc1. The molecule has 2 aromatic carbocycles. The number of anilines is 2. The summed E-state index contributed by atoms with van der Waals surface area (Å²) in [6, 6.07) is 13.6. The number of hydrogen-bond donors (Lipinski definition) is 3. The minimum atomic E-state index is -0.290. The van der Waals surface area contributed by atoms with Crippen molar-refractivity contribution in [3.63, 3.8) is 0 Å². The second-order valence-electron chi connectivity index (χ2n) is 6.27. The van der Waals surface area contributed by atoms with Crippen LogP contribution in [0.15, 0.2) is 67.3 Å². The van der Waals surface area contributed by atoms with Gasteiger partial charge in [-0.05, 0) is 42.8 Å². The third-order valence-electron chi connectivity index (χ3n) is 4.20. The Morgan fingerprint density at radius 3 is 2.59 bits per heavy atom. The average molecular weight is 393 g/mol. The van der Waals surface area contributed by atoms with Crippen LogP contribution >= 0.6 is 0 Å². The molecular weight excluding hydrogens is 370 g/mol. The number of methoxy groups -OCH3 is 1. The topological polar surface area (TPSA) is 97.3 Å². The predicted octanol–water partition coefficient (Wildman–Crippen LogP) is 3.36. The number of nitrogens with one attached hydrogen (secondary N) is 3. The van der Waals surface area contributed by atoms with Gasteiger partial charge in [0.1, 0.15) is 5.75 Å². The van der Waals surface area contributed by atoms with Gasteiger partial charge in [0.05, 0.1) is 19.1 Å². The monoisotopic (exact) mass is 393 g/mol. The molecule has 150 valence electrons. The van der Waals surface area contributed by atoms with E-state index >= 15 is 0 Å². The van der Waals surface area contributed by atoms with Crippen molar-refractivity contribution >= 4 is 23.3 Å². The molecular formula is C21H23N5O3. The van der Waals surface area contributed by atoms with Crippen LogP contribution < -0.4 is 20.7 Å². The standard InChI is InChI=1S/C21H23N5O3/c1-29-19-6-3-2-5-18(19)25-20(27)16-7-9-17(10-8-16)24-21(28)23-11-4-13-26-14-12-22-15-26/h2-3,5-10,12,14-15H,4,11,13H2,1H3,(H,25,27)(H2,23,24,28). The molecule has 0 fully saturated rings. The predicted molar refractivity (Wildman–Crippen MR) is 111 cm³/mol. The van der Waals surface area contributed by atoms with Gasteiger partial charge in [-0.25, -0.2) is 9.78 Å². The van der Waals surface area contributed by atoms with Crippen LogP contribution in [0.2, 0.25) is 0 Å². The third-order valence-corrected chi connectivity index (χ3v) is 4.20. The lowest BCUT2D eigenvalue weighted by Crippen LogP contribution is -2.30. The molecule has 8 nitrogen and oxygen atoms in total. The highest BCUT2D eigenvalue weighted by Gasteiger charge is 2.10. The molecule has 1 heterocycles. The lowest BCUT2D eigenvalue weighted by molar-refractivity contribution is 0.102. The van der Waals surface area contributed by atoms with Gasteiger partial charge in [-0.2, -0.15) is 0 Å². The molecule has 0 saturated carbocycles. The maximum Gasteiger partial charge on any atom is 0.319 e. The van der Waals surface area contributed by atoms with Gasteiger partial charge in [0.25, 0.3) is 5.91 Å². The Labute approximate surface area is 168 Å². The van der Waals surface area contributed by atoms with Crippen molar-refractivity contribution in [3.05, 3.63) is 72.8 Å². The van der Waals surface area contributed by atoms with E-state index in [4.69, 9.17) is 4.74 Å². The number of benzene rings is 2. The Bertz CT molecular complexity index is 939. The Kier molecular flexibility index (Phi) is 6.83. The number of para-hydroxylation sites is 2. The van der Waals surface area contributed by atoms with Crippen molar-refractivity contribution in [1.82, 2.24) is 14.9 Å². The van der Waals surface area contributed by atoms with Gasteiger partial charge < -0.3 is 25.3 Å². The molecule has 0 bridgehead atoms. The number of ether oxygens (including phenoxy) is 1. The van der Waals surface area contributed by atoms with E-state index in [9.17, 15) is 9.59 Å². The lowest BCUT2D eigenvalue weighted by Gasteiger charge is -2.11. The summed E-state index contributed by atoms with van der Waals surface area (Å²) in [7, 11) is 1.55. The fourth-order valence-electron chi connectivity index (χ4n) is 2.71. The van der Waals surface area contributed by atoms with Crippen molar-refractivity contribution in [3.8, 4) is 5.75 Å². The van der Waals surface area contributed by atoms with Crippen molar-refractivity contribution < 1.29 is 14.3 Å². The van der Waals surface area contributed by atoms with Crippen molar-refractivity contribution in [2.24, 2.45) is 0 Å². The molecule has 0 saturated heterocycles. The maximum absolute atomic E-state index is 12.4. The first kappa shape index (κ1) is 19.9. The lowest BCUT2D eigenvalue weighted by atomic mass is 10.2. The highest BCUT2D eigenvalue weighted by molar-refractivity contribution is 6.05. The van der Waals surface area contributed by atoms with E-state index in [2.05, 4.69) is 20.9 Å². The first-order chi connectivity index (χ1) is 14.2. The molecule has 0 spiro atoms. The van der Waals surface area contributed by atoms with E-state index < -0.39 is 0 Å². The molecule has 29 heavy (non-hydrogen) atoms. The van der Waals surface area contributed by atoms with Crippen molar-refractivity contribution in [1.29, 1.82) is 0 Å². The molecule has 3 aromatic rings. The van der Waals surface area contributed by atoms with E-state index in [1.165, 1.54) is 0 Å². The number of nitrogens with zero attached hydrogens (tertiary/aromatic N) is 2. The average Bonchev–Trinajstić information content (AvgIpc) is 3.26. The summed E-state index contributed by atoms with van der Waals surface area (Å²) in [6.07, 6.45) is 6.14. The van der Waals surface area contributed by atoms with Gasteiger partial charge in [-0.15, -0.1) is 0 Å². The first-order valence-corrected chi connectivity index (χ1v) is 9.21. The first-order valence-electron chi connectivity index (χ1n) is 9.21. The summed E-state index contributed by atoms with van der Waals surface area (Å²) in [5.74, 6) is 0.328. The van der Waals surface area contributed by atoms with Crippen LogP contribution in [0.3, 0.4) is 0 Å². The number of aryl methyl sites for hydroxylation is 1. The summed E-state index contributed by atoms with van der Waals surface area (Å²) in [4.78, 5) is 28.4. The second kappa shape index (κ2) is 9.93. The smallest absolute Gasteiger partial charge is 0.319 e. The summed E-state index contributed by atoms with van der Waals surface area (Å²) in [6.45, 7) is 1.33. The molecule has 0 aliphatic carbocycles. The van der Waals surface area contributed by atoms with E-state index in [0.717, 1.165) is 13.0 Å². The molecule has 0 aliphatic heterocycles. The number of carbonyl (C=O) groups is 2. The van der Waals surface area contributed by atoms with Crippen LogP contribution in [0.4, 0.5) is 16.2 Å². The molecule has 3 N–H and O–H groups in total. The van der Waals surface area contributed by atoms with Gasteiger partial charge in [-0.3, -0.25) is 4.79 Å². The van der Waals surface area contributed by atoms with Gasteiger partial charge >= 0.3 is 6.03 Å². The number of aromatic nitrogens is 2. The maximum atomic E-state index is 12.4. The van der Waals surface area contributed by atoms with Crippen LogP contribution in [-0.2, 0) is 6.54 Å². The van der Waals surface area contributed by atoms with E-state index in [-0.39, 0.29) is 11.9 Å². The van der Waals surface area contributed by atoms with Crippen LogP contribution in [0, 0.1) is 0 Å². The molecule has 0 atom stereocenters. The quantitative estimate of drug-likeness (QED) is 0.511. The number of amides is 3. The molecule has 3 rings (SSSR count). The zero-order chi connectivity index (χ0) is 20.5. The minimum absolute atomic E-state index is 0.259. The highest BCUT2D eigenvalue weighted by atomic mass is 16.5. The zero-order valence-corrected chi connectivity index (χ0v) is 16.1. The number of carbonyl (C=O) groups excluding carboxylic acids is 2. The van der Waals surface area contributed by atoms with Crippen molar-refractivity contribution in [2.75, 3.05) is 24.3 Å². The minimum Gasteiger partial charge on any atom is -0.495 e. The molecule has 0 unspecified atom stereocenters. The number of urea groups is 1. The Morgan fingerprint density at radius 2 is 1.86 bits per heavy atom. The normalized spacial score (nSPS) is 10.2. The second-order valence-corrected chi connectivity index (χ2v) is 6.27. The van der Waals surface area contributed by atoms with Crippen molar-refractivity contribution in [2.45, 2.75) is 13.0 Å². The van der Waals surface area contributed by atoms with Gasteiger partial charge in [0.2, 0.25) is 0 Å².